The predicted molar refractivity (Wildman–Crippen MR) is 86.4 cm³/mol. The van der Waals surface area contributed by atoms with Crippen LogP contribution in [-0.2, 0) is 0 Å². The zero-order chi connectivity index (χ0) is 14.7. The van der Waals surface area contributed by atoms with E-state index in [1.54, 1.807) is 0 Å². The van der Waals surface area contributed by atoms with E-state index >= 15 is 0 Å². The largest absolute Gasteiger partial charge is 0.489 e. The molecule has 3 heteroatoms. The van der Waals surface area contributed by atoms with Crippen molar-refractivity contribution in [3.05, 3.63) is 18.2 Å². The smallest absolute Gasteiger partial charge is 0.144 e. The van der Waals surface area contributed by atoms with Gasteiger partial charge in [0, 0.05) is 13.1 Å². The van der Waals surface area contributed by atoms with Gasteiger partial charge >= 0.3 is 0 Å². The molecule has 2 rings (SSSR count). The average Bonchev–Trinajstić information content (AvgIpc) is 2.41. The summed E-state index contributed by atoms with van der Waals surface area (Å²) in [6, 6.07) is 6.11. The quantitative estimate of drug-likeness (QED) is 0.847. The molecule has 0 atom stereocenters. The van der Waals surface area contributed by atoms with Crippen LogP contribution in [0.25, 0.3) is 0 Å². The number of ether oxygens (including phenoxy) is 1. The second-order valence-corrected chi connectivity index (χ2v) is 6.42. The van der Waals surface area contributed by atoms with Crippen LogP contribution in [0, 0.1) is 11.8 Å². The van der Waals surface area contributed by atoms with Gasteiger partial charge in [-0.1, -0.05) is 19.9 Å². The van der Waals surface area contributed by atoms with Crippen molar-refractivity contribution in [2.24, 2.45) is 11.8 Å². The number of nitrogens with zero attached hydrogens (tertiary/aromatic N) is 1. The van der Waals surface area contributed by atoms with Crippen LogP contribution in [0.5, 0.6) is 5.75 Å². The van der Waals surface area contributed by atoms with Gasteiger partial charge in [-0.15, -0.1) is 0 Å². The number of anilines is 2. The van der Waals surface area contributed by atoms with Gasteiger partial charge in [-0.25, -0.2) is 0 Å². The molecule has 3 nitrogen and oxygen atoms in total. The second kappa shape index (κ2) is 6.38. The Hall–Kier alpha value is -1.38. The number of hydrogen-bond donors (Lipinski definition) is 1. The number of para-hydroxylation sites is 1. The number of nitrogen functional groups attached to an aromatic ring is 1. The van der Waals surface area contributed by atoms with Crippen molar-refractivity contribution in [3.63, 3.8) is 0 Å². The van der Waals surface area contributed by atoms with E-state index in [9.17, 15) is 0 Å². The van der Waals surface area contributed by atoms with Gasteiger partial charge in [0.25, 0.3) is 0 Å². The second-order valence-electron chi connectivity index (χ2n) is 6.42. The summed E-state index contributed by atoms with van der Waals surface area (Å²) in [5.41, 5.74) is 8.20. The van der Waals surface area contributed by atoms with E-state index in [4.69, 9.17) is 10.5 Å². The lowest BCUT2D eigenvalue weighted by molar-refractivity contribution is 0.244. The SMILES string of the molecule is CC(C)Oc1cccc(N2CCC(C(C)C)CC2)c1N. The van der Waals surface area contributed by atoms with Crippen molar-refractivity contribution < 1.29 is 4.74 Å². The Morgan fingerprint density at radius 3 is 2.35 bits per heavy atom. The maximum absolute atomic E-state index is 6.29. The summed E-state index contributed by atoms with van der Waals surface area (Å²) in [6.45, 7) is 10.9. The molecule has 1 saturated heterocycles. The molecule has 0 spiro atoms. The van der Waals surface area contributed by atoms with Crippen molar-refractivity contribution in [2.75, 3.05) is 23.7 Å². The first kappa shape index (κ1) is 15.0. The zero-order valence-electron chi connectivity index (χ0n) is 13.2. The third-order valence-corrected chi connectivity index (χ3v) is 4.23. The monoisotopic (exact) mass is 276 g/mol. The summed E-state index contributed by atoms with van der Waals surface area (Å²) in [5.74, 6) is 2.44. The lowest BCUT2D eigenvalue weighted by atomic mass is 9.86. The molecule has 0 saturated carbocycles. The molecule has 0 aromatic heterocycles. The highest BCUT2D eigenvalue weighted by Gasteiger charge is 2.23. The Bertz CT molecular complexity index is 435. The van der Waals surface area contributed by atoms with Crippen LogP contribution in [-0.4, -0.2) is 19.2 Å². The van der Waals surface area contributed by atoms with Crippen LogP contribution in [0.1, 0.15) is 40.5 Å². The maximum Gasteiger partial charge on any atom is 0.144 e. The highest BCUT2D eigenvalue weighted by molar-refractivity contribution is 5.74. The van der Waals surface area contributed by atoms with Gasteiger partial charge < -0.3 is 15.4 Å². The Labute approximate surface area is 123 Å². The molecule has 2 N–H and O–H groups in total. The molecule has 0 unspecified atom stereocenters. The highest BCUT2D eigenvalue weighted by atomic mass is 16.5. The molecule has 0 amide bonds. The van der Waals surface area contributed by atoms with Crippen LogP contribution >= 0.6 is 0 Å². The minimum absolute atomic E-state index is 0.152. The molecule has 1 aromatic rings. The number of piperidine rings is 1. The van der Waals surface area contributed by atoms with Gasteiger partial charge in [-0.05, 0) is 50.7 Å². The Kier molecular flexibility index (Phi) is 4.79. The molecule has 1 fully saturated rings. The van der Waals surface area contributed by atoms with Gasteiger partial charge in [0.05, 0.1) is 17.5 Å². The Morgan fingerprint density at radius 1 is 1.15 bits per heavy atom. The van der Waals surface area contributed by atoms with Crippen LogP contribution in [0.4, 0.5) is 11.4 Å². The first-order valence-electron chi connectivity index (χ1n) is 7.79. The molecule has 112 valence electrons. The van der Waals surface area contributed by atoms with Crippen molar-refractivity contribution in [2.45, 2.75) is 46.6 Å². The first-order chi connectivity index (χ1) is 9.49. The van der Waals surface area contributed by atoms with E-state index in [-0.39, 0.29) is 6.10 Å². The first-order valence-corrected chi connectivity index (χ1v) is 7.79. The fourth-order valence-corrected chi connectivity index (χ4v) is 2.97. The predicted octanol–water partition coefficient (Wildman–Crippen LogP) is 3.93. The summed E-state index contributed by atoms with van der Waals surface area (Å²) in [5, 5.41) is 0. The maximum atomic E-state index is 6.29. The summed E-state index contributed by atoms with van der Waals surface area (Å²) >= 11 is 0. The van der Waals surface area contributed by atoms with Crippen LogP contribution in [0.2, 0.25) is 0 Å². The van der Waals surface area contributed by atoms with Crippen LogP contribution in [0.15, 0.2) is 18.2 Å². The molecular formula is C17H28N2O. The molecule has 20 heavy (non-hydrogen) atoms. The number of benzene rings is 1. The molecular weight excluding hydrogens is 248 g/mol. The standard InChI is InChI=1S/C17H28N2O/c1-12(2)14-8-10-19(11-9-14)15-6-5-7-16(17(15)18)20-13(3)4/h5-7,12-14H,8-11,18H2,1-4H3. The summed E-state index contributed by atoms with van der Waals surface area (Å²) in [4.78, 5) is 2.40. The molecule has 1 aliphatic heterocycles. The summed E-state index contributed by atoms with van der Waals surface area (Å²) in [7, 11) is 0. The van der Waals surface area contributed by atoms with Crippen molar-refractivity contribution in [3.8, 4) is 5.75 Å². The molecule has 1 aliphatic rings. The number of hydrogen-bond acceptors (Lipinski definition) is 3. The van der Waals surface area contributed by atoms with Crippen LogP contribution < -0.4 is 15.4 Å². The lowest BCUT2D eigenvalue weighted by Crippen LogP contribution is -2.35. The molecule has 0 aliphatic carbocycles. The van der Waals surface area contributed by atoms with E-state index < -0.39 is 0 Å². The van der Waals surface area contributed by atoms with E-state index in [1.807, 2.05) is 26.0 Å². The van der Waals surface area contributed by atoms with Gasteiger partial charge in [0.1, 0.15) is 5.75 Å². The normalized spacial score (nSPS) is 17.0. The van der Waals surface area contributed by atoms with E-state index in [1.165, 1.54) is 12.8 Å². The third kappa shape index (κ3) is 3.38. The fraction of sp³-hybridized carbons (Fsp3) is 0.647. The minimum atomic E-state index is 0.152. The molecule has 1 heterocycles. The van der Waals surface area contributed by atoms with Crippen molar-refractivity contribution in [1.82, 2.24) is 0 Å². The molecule has 0 radical (unpaired) electrons. The Balaban J connectivity index is 2.10. The van der Waals surface area contributed by atoms with Gasteiger partial charge in [-0.3, -0.25) is 0 Å². The van der Waals surface area contributed by atoms with Gasteiger partial charge in [-0.2, -0.15) is 0 Å². The molecule has 0 bridgehead atoms. The molecule has 1 aromatic carbocycles. The highest BCUT2D eigenvalue weighted by Crippen LogP contribution is 2.35. The average molecular weight is 276 g/mol. The lowest BCUT2D eigenvalue weighted by Gasteiger charge is -2.36. The summed E-state index contributed by atoms with van der Waals surface area (Å²) in [6.07, 6.45) is 2.66. The zero-order valence-corrected chi connectivity index (χ0v) is 13.2. The van der Waals surface area contributed by atoms with Crippen LogP contribution in [0.3, 0.4) is 0 Å². The topological polar surface area (TPSA) is 38.5 Å². The third-order valence-electron chi connectivity index (χ3n) is 4.23. The fourth-order valence-electron chi connectivity index (χ4n) is 2.97. The minimum Gasteiger partial charge on any atom is -0.489 e. The number of nitrogens with two attached hydrogens (primary N) is 1. The van der Waals surface area contributed by atoms with E-state index in [2.05, 4.69) is 24.8 Å². The van der Waals surface area contributed by atoms with Crippen molar-refractivity contribution >= 4 is 11.4 Å². The van der Waals surface area contributed by atoms with Gasteiger partial charge in [0.15, 0.2) is 0 Å². The van der Waals surface area contributed by atoms with Gasteiger partial charge in [0.2, 0.25) is 0 Å². The van der Waals surface area contributed by atoms with Crippen molar-refractivity contribution in [1.29, 1.82) is 0 Å². The van der Waals surface area contributed by atoms with E-state index in [0.29, 0.717) is 0 Å². The summed E-state index contributed by atoms with van der Waals surface area (Å²) < 4.78 is 5.78. The van der Waals surface area contributed by atoms with E-state index in [0.717, 1.165) is 42.0 Å². The number of rotatable bonds is 4. The Morgan fingerprint density at radius 2 is 1.80 bits per heavy atom.